The lowest BCUT2D eigenvalue weighted by Gasteiger charge is -2.18. The molecule has 0 bridgehead atoms. The largest absolute Gasteiger partial charge is 0.464 e. The molecule has 6 nitrogen and oxygen atoms in total. The van der Waals surface area contributed by atoms with Crippen LogP contribution < -0.4 is 5.49 Å². The number of rotatable bonds is 2. The standard InChI is InChI=1S/C22H23N3O3/c1-14-9-10-15-13-18(21(27)28-5)25(20(26)17-8-6-7-11-23-17)19(16(15)12-14)24-22(2,3)4/h6-13H,1-5H3. The molecule has 0 saturated carbocycles. The van der Waals surface area contributed by atoms with Gasteiger partial charge in [-0.1, -0.05) is 23.8 Å². The molecular formula is C22H23N3O3. The van der Waals surface area contributed by atoms with Gasteiger partial charge in [0.2, 0.25) is 0 Å². The minimum atomic E-state index is -0.614. The van der Waals surface area contributed by atoms with Gasteiger partial charge in [0, 0.05) is 11.6 Å². The maximum absolute atomic E-state index is 13.4. The molecule has 3 aromatic rings. The van der Waals surface area contributed by atoms with Gasteiger partial charge in [0.05, 0.1) is 12.6 Å². The average molecular weight is 377 g/mol. The molecule has 0 saturated heterocycles. The normalized spacial score (nSPS) is 12.2. The number of pyridine rings is 2. The van der Waals surface area contributed by atoms with Gasteiger partial charge in [-0.2, -0.15) is 0 Å². The number of benzene rings is 1. The van der Waals surface area contributed by atoms with Crippen molar-refractivity contribution in [3.8, 4) is 0 Å². The Hall–Kier alpha value is -3.28. The number of aryl methyl sites for hydroxylation is 1. The lowest BCUT2D eigenvalue weighted by atomic mass is 10.1. The van der Waals surface area contributed by atoms with Gasteiger partial charge in [-0.15, -0.1) is 0 Å². The molecule has 28 heavy (non-hydrogen) atoms. The molecule has 0 aliphatic carbocycles. The smallest absolute Gasteiger partial charge is 0.355 e. The molecule has 0 N–H and O–H groups in total. The topological polar surface area (TPSA) is 73.5 Å². The molecule has 0 amide bonds. The van der Waals surface area contributed by atoms with Crippen LogP contribution in [0.5, 0.6) is 0 Å². The summed E-state index contributed by atoms with van der Waals surface area (Å²) in [5, 5.41) is 1.59. The van der Waals surface area contributed by atoms with Crippen LogP contribution in [0.15, 0.2) is 53.7 Å². The number of ether oxygens (including phenoxy) is 1. The first-order chi connectivity index (χ1) is 13.2. The minimum Gasteiger partial charge on any atom is -0.464 e. The van der Waals surface area contributed by atoms with Crippen LogP contribution in [0.25, 0.3) is 10.8 Å². The molecule has 0 unspecified atom stereocenters. The molecule has 1 aromatic carbocycles. The van der Waals surface area contributed by atoms with E-state index >= 15 is 0 Å². The second-order valence-electron chi connectivity index (χ2n) is 7.57. The third-order valence-corrected chi connectivity index (χ3v) is 4.12. The number of aromatic nitrogens is 2. The molecule has 3 rings (SSSR count). The summed E-state index contributed by atoms with van der Waals surface area (Å²) in [7, 11) is 1.29. The first kappa shape index (κ1) is 19.5. The number of carbonyl (C=O) groups excluding carboxylic acids is 2. The van der Waals surface area contributed by atoms with Crippen molar-refractivity contribution in [3.05, 3.63) is 71.1 Å². The van der Waals surface area contributed by atoms with Gasteiger partial charge >= 0.3 is 5.97 Å². The zero-order valence-corrected chi connectivity index (χ0v) is 16.7. The molecule has 144 valence electrons. The van der Waals surface area contributed by atoms with Crippen molar-refractivity contribution in [3.63, 3.8) is 0 Å². The quantitative estimate of drug-likeness (QED) is 0.641. The zero-order chi connectivity index (χ0) is 20.5. The monoisotopic (exact) mass is 377 g/mol. The van der Waals surface area contributed by atoms with E-state index in [0.717, 1.165) is 16.3 Å². The molecule has 6 heteroatoms. The van der Waals surface area contributed by atoms with Crippen LogP contribution in [0.3, 0.4) is 0 Å². The number of carbonyl (C=O) groups is 2. The van der Waals surface area contributed by atoms with Crippen molar-refractivity contribution >= 4 is 22.6 Å². The van der Waals surface area contributed by atoms with E-state index in [1.165, 1.54) is 17.9 Å². The Morgan fingerprint density at radius 2 is 1.86 bits per heavy atom. The van der Waals surface area contributed by atoms with Crippen molar-refractivity contribution < 1.29 is 14.3 Å². The van der Waals surface area contributed by atoms with Crippen LogP contribution in [0.2, 0.25) is 0 Å². The van der Waals surface area contributed by atoms with Crippen molar-refractivity contribution in [1.29, 1.82) is 0 Å². The maximum Gasteiger partial charge on any atom is 0.355 e. The number of esters is 1. The van der Waals surface area contributed by atoms with E-state index in [-0.39, 0.29) is 11.4 Å². The molecule has 2 heterocycles. The second-order valence-corrected chi connectivity index (χ2v) is 7.57. The highest BCUT2D eigenvalue weighted by atomic mass is 16.5. The summed E-state index contributed by atoms with van der Waals surface area (Å²) in [6.45, 7) is 7.79. The Labute approximate surface area is 163 Å². The Bertz CT molecular complexity index is 1120. The van der Waals surface area contributed by atoms with Gasteiger partial charge in [0.1, 0.15) is 16.9 Å². The van der Waals surface area contributed by atoms with E-state index in [4.69, 9.17) is 9.73 Å². The number of hydrogen-bond donors (Lipinski definition) is 0. The van der Waals surface area contributed by atoms with Crippen molar-refractivity contribution in [1.82, 2.24) is 9.55 Å². The lowest BCUT2D eigenvalue weighted by Crippen LogP contribution is -2.36. The summed E-state index contributed by atoms with van der Waals surface area (Å²) in [5.74, 6) is -1.05. The Balaban J connectivity index is 2.51. The fourth-order valence-corrected chi connectivity index (χ4v) is 2.93. The lowest BCUT2D eigenvalue weighted by molar-refractivity contribution is 0.0581. The van der Waals surface area contributed by atoms with Crippen LogP contribution in [0.4, 0.5) is 0 Å². The maximum atomic E-state index is 13.4. The summed E-state index contributed by atoms with van der Waals surface area (Å²) in [6.07, 6.45) is 1.54. The van der Waals surface area contributed by atoms with Crippen LogP contribution in [0, 0.1) is 6.92 Å². The fraction of sp³-hybridized carbons (Fsp3) is 0.273. The van der Waals surface area contributed by atoms with E-state index in [1.807, 2.05) is 45.9 Å². The first-order valence-corrected chi connectivity index (χ1v) is 8.97. The zero-order valence-electron chi connectivity index (χ0n) is 16.7. The number of methoxy groups -OCH3 is 1. The van der Waals surface area contributed by atoms with Crippen LogP contribution in [0.1, 0.15) is 47.3 Å². The van der Waals surface area contributed by atoms with Gasteiger partial charge in [0.15, 0.2) is 0 Å². The van der Waals surface area contributed by atoms with E-state index in [1.54, 1.807) is 24.3 Å². The van der Waals surface area contributed by atoms with Gasteiger partial charge in [-0.3, -0.25) is 19.3 Å². The third-order valence-electron chi connectivity index (χ3n) is 4.12. The van der Waals surface area contributed by atoms with Crippen LogP contribution in [-0.2, 0) is 4.74 Å². The van der Waals surface area contributed by atoms with Gasteiger partial charge in [-0.05, 0) is 57.3 Å². The molecule has 0 radical (unpaired) electrons. The van der Waals surface area contributed by atoms with Gasteiger partial charge in [0.25, 0.3) is 5.91 Å². The fourth-order valence-electron chi connectivity index (χ4n) is 2.93. The molecular weight excluding hydrogens is 354 g/mol. The van der Waals surface area contributed by atoms with Crippen molar-refractivity contribution in [2.24, 2.45) is 4.99 Å². The number of nitrogens with zero attached hydrogens (tertiary/aromatic N) is 3. The molecule has 0 aliphatic heterocycles. The van der Waals surface area contributed by atoms with Crippen molar-refractivity contribution in [2.75, 3.05) is 7.11 Å². The van der Waals surface area contributed by atoms with E-state index in [9.17, 15) is 9.59 Å². The number of hydrogen-bond acceptors (Lipinski definition) is 5. The minimum absolute atomic E-state index is 0.109. The predicted molar refractivity (Wildman–Crippen MR) is 107 cm³/mol. The SMILES string of the molecule is COC(=O)c1cc2ccc(C)cc2c(=NC(C)(C)C)n1C(=O)c1ccccn1. The molecule has 0 aliphatic rings. The van der Waals surface area contributed by atoms with E-state index in [2.05, 4.69) is 4.98 Å². The summed E-state index contributed by atoms with van der Waals surface area (Å²) in [4.78, 5) is 34.8. The highest BCUT2D eigenvalue weighted by Crippen LogP contribution is 2.17. The molecule has 0 atom stereocenters. The molecule has 2 aromatic heterocycles. The predicted octanol–water partition coefficient (Wildman–Crippen LogP) is 3.52. The summed E-state index contributed by atoms with van der Waals surface area (Å²) >= 11 is 0. The number of fused-ring (bicyclic) bond motifs is 1. The summed E-state index contributed by atoms with van der Waals surface area (Å²) in [6, 6.07) is 12.5. The Morgan fingerprint density at radius 1 is 1.11 bits per heavy atom. The van der Waals surface area contributed by atoms with E-state index < -0.39 is 17.4 Å². The van der Waals surface area contributed by atoms with Gasteiger partial charge < -0.3 is 4.74 Å². The van der Waals surface area contributed by atoms with Gasteiger partial charge in [-0.25, -0.2) is 4.79 Å². The highest BCUT2D eigenvalue weighted by Gasteiger charge is 2.23. The first-order valence-electron chi connectivity index (χ1n) is 8.97. The third kappa shape index (κ3) is 3.86. The Kier molecular flexibility index (Phi) is 5.14. The van der Waals surface area contributed by atoms with Crippen molar-refractivity contribution in [2.45, 2.75) is 33.2 Å². The summed E-state index contributed by atoms with van der Waals surface area (Å²) < 4.78 is 6.25. The average Bonchev–Trinajstić information content (AvgIpc) is 2.66. The molecule has 0 spiro atoms. The highest BCUT2D eigenvalue weighted by molar-refractivity contribution is 6.02. The molecule has 0 fully saturated rings. The van der Waals surface area contributed by atoms with Crippen LogP contribution in [-0.4, -0.2) is 34.1 Å². The Morgan fingerprint density at radius 3 is 2.46 bits per heavy atom. The van der Waals surface area contributed by atoms with Crippen LogP contribution >= 0.6 is 0 Å². The second kappa shape index (κ2) is 7.38. The summed E-state index contributed by atoms with van der Waals surface area (Å²) in [5.41, 5.74) is 1.29. The van der Waals surface area contributed by atoms with E-state index in [0.29, 0.717) is 5.49 Å².